The van der Waals surface area contributed by atoms with Crippen LogP contribution in [0, 0.1) is 13.8 Å². The predicted octanol–water partition coefficient (Wildman–Crippen LogP) is 10.1. The van der Waals surface area contributed by atoms with Gasteiger partial charge < -0.3 is 24.1 Å². The number of benzene rings is 2. The van der Waals surface area contributed by atoms with E-state index in [9.17, 15) is 8.42 Å². The molecule has 51 heavy (non-hydrogen) atoms. The highest BCUT2D eigenvalue weighted by Crippen LogP contribution is 2.36. The van der Waals surface area contributed by atoms with Crippen molar-refractivity contribution < 1.29 is 32.5 Å². The summed E-state index contributed by atoms with van der Waals surface area (Å²) < 4.78 is 52.6. The van der Waals surface area contributed by atoms with Crippen molar-refractivity contribution in [2.75, 3.05) is 26.6 Å². The second kappa shape index (κ2) is 21.1. The van der Waals surface area contributed by atoms with Crippen molar-refractivity contribution >= 4 is 17.9 Å². The lowest BCUT2D eigenvalue weighted by Gasteiger charge is -2.26. The zero-order valence-corrected chi connectivity index (χ0v) is 34.4. The quantitative estimate of drug-likeness (QED) is 0.0590. The monoisotopic (exact) mass is 740 g/mol. The molecule has 1 aliphatic rings. The second-order valence-electron chi connectivity index (χ2n) is 15.3. The molecule has 0 saturated carbocycles. The number of allylic oxidation sites excluding steroid dienone is 5. The molecule has 0 spiro atoms. The highest BCUT2D eigenvalue weighted by Gasteiger charge is 2.26. The Labute approximate surface area is 310 Å². The highest BCUT2D eigenvalue weighted by molar-refractivity contribution is 7.92. The fraction of sp³-hybridized carbons (Fsp3) is 0.571. The minimum atomic E-state index is -3.63. The van der Waals surface area contributed by atoms with E-state index in [0.717, 1.165) is 90.3 Å². The summed E-state index contributed by atoms with van der Waals surface area (Å²) >= 11 is 0. The van der Waals surface area contributed by atoms with E-state index in [-0.39, 0.29) is 19.7 Å². The molecule has 0 aromatic heterocycles. The van der Waals surface area contributed by atoms with E-state index in [1.165, 1.54) is 5.57 Å². The molecular weight excluding hydrogens is 677 g/mol. The van der Waals surface area contributed by atoms with Crippen molar-refractivity contribution in [1.82, 2.24) is 0 Å². The van der Waals surface area contributed by atoms with Crippen molar-refractivity contribution in [3.05, 3.63) is 88.0 Å². The predicted molar refractivity (Wildman–Crippen MR) is 212 cm³/mol. The minimum Gasteiger partial charge on any atom is -0.467 e. The summed E-state index contributed by atoms with van der Waals surface area (Å²) in [6.45, 7) is 19.0. The Bertz CT molecular complexity index is 1570. The highest BCUT2D eigenvalue weighted by atomic mass is 32.2. The van der Waals surface area contributed by atoms with E-state index in [1.54, 1.807) is 24.3 Å². The molecule has 2 aromatic rings. The topological polar surface area (TPSA) is 91.3 Å². The molecule has 1 N–H and O–H groups in total. The fourth-order valence-corrected chi connectivity index (χ4v) is 8.56. The van der Waals surface area contributed by atoms with Crippen LogP contribution in [0.5, 0.6) is 11.5 Å². The van der Waals surface area contributed by atoms with Crippen molar-refractivity contribution in [2.24, 2.45) is 0 Å². The van der Waals surface area contributed by atoms with Crippen LogP contribution in [0.4, 0.5) is 0 Å². The van der Waals surface area contributed by atoms with Crippen LogP contribution in [0.1, 0.15) is 88.8 Å². The first-order valence-electron chi connectivity index (χ1n) is 18.7. The third kappa shape index (κ3) is 14.7. The Morgan fingerprint density at radius 1 is 1.00 bits per heavy atom. The molecule has 7 nitrogen and oxygen atoms in total. The molecule has 2 unspecified atom stereocenters. The van der Waals surface area contributed by atoms with Gasteiger partial charge in [0.2, 0.25) is 0 Å². The van der Waals surface area contributed by atoms with Crippen molar-refractivity contribution in [3.63, 3.8) is 0 Å². The maximum Gasteiger partial charge on any atom is 0.199 e. The molecule has 1 saturated heterocycles. The van der Waals surface area contributed by atoms with Gasteiger partial charge in [0, 0.05) is 33.3 Å². The van der Waals surface area contributed by atoms with Crippen LogP contribution in [0.15, 0.2) is 76.2 Å². The molecular formula is C42H64O7SSi. The molecule has 284 valence electrons. The first-order chi connectivity index (χ1) is 24.2. The summed E-state index contributed by atoms with van der Waals surface area (Å²) in [4.78, 5) is 0.331. The fourth-order valence-electron chi connectivity index (χ4n) is 6.02. The van der Waals surface area contributed by atoms with Crippen LogP contribution >= 0.6 is 0 Å². The van der Waals surface area contributed by atoms with E-state index in [0.29, 0.717) is 31.0 Å². The van der Waals surface area contributed by atoms with Crippen LogP contribution in [0.25, 0.3) is 0 Å². The lowest BCUT2D eigenvalue weighted by atomic mass is 9.99. The summed E-state index contributed by atoms with van der Waals surface area (Å²) in [7, 11) is -4.85. The van der Waals surface area contributed by atoms with E-state index in [2.05, 4.69) is 58.6 Å². The van der Waals surface area contributed by atoms with Gasteiger partial charge in [-0.15, -0.1) is 0 Å². The van der Waals surface area contributed by atoms with Crippen molar-refractivity contribution in [2.45, 2.75) is 135 Å². The smallest absolute Gasteiger partial charge is 0.199 e. The van der Waals surface area contributed by atoms with Crippen LogP contribution in [0.2, 0.25) is 25.7 Å². The Morgan fingerprint density at radius 3 is 2.41 bits per heavy atom. The number of hydrogen-bond donors (Lipinski definition) is 1. The standard InChI is InChI=1S/C42H64O7SSi/c1-32(18-15-24-43)16-14-17-33(2)28-39(50(44,45)38-19-10-9-11-20-38)29-34(3)22-23-37-30-40(49-41-21-12-13-25-47-41)35(4)36(5)42(37)48-31-46-26-27-51(6,7)8/h9-11,16,19-20,22,28,30,39,41,43H,12-15,17-18,21,23-27,29,31H2,1-8H3/b32-16+,33-28+,34-22+. The first kappa shape index (κ1) is 42.7. The van der Waals surface area contributed by atoms with E-state index >= 15 is 0 Å². The van der Waals surface area contributed by atoms with Gasteiger partial charge >= 0.3 is 0 Å². The van der Waals surface area contributed by atoms with Gasteiger partial charge in [-0.05, 0) is 121 Å². The SMILES string of the molecule is C/C(=C\C(C/C(C)=C/Cc1cc(OC2CCCCO2)c(C)c(C)c1OCOCC[Si](C)(C)C)S(=O)(=O)c1ccccc1)CC/C=C(\C)CCCO. The number of sulfone groups is 1. The first-order valence-corrected chi connectivity index (χ1v) is 24.0. The second-order valence-corrected chi connectivity index (χ2v) is 23.1. The van der Waals surface area contributed by atoms with Gasteiger partial charge in [0.25, 0.3) is 0 Å². The van der Waals surface area contributed by atoms with Crippen LogP contribution < -0.4 is 9.47 Å². The van der Waals surface area contributed by atoms with Gasteiger partial charge in [0.15, 0.2) is 22.9 Å². The van der Waals surface area contributed by atoms with Gasteiger partial charge in [-0.3, -0.25) is 0 Å². The Kier molecular flexibility index (Phi) is 17.7. The minimum absolute atomic E-state index is 0.171. The van der Waals surface area contributed by atoms with Crippen LogP contribution in [-0.4, -0.2) is 59.8 Å². The van der Waals surface area contributed by atoms with Gasteiger partial charge in [-0.2, -0.15) is 0 Å². The molecule has 1 aliphatic heterocycles. The Morgan fingerprint density at radius 2 is 1.75 bits per heavy atom. The summed E-state index contributed by atoms with van der Waals surface area (Å²) in [6, 6.07) is 11.9. The molecule has 2 aromatic carbocycles. The van der Waals surface area contributed by atoms with Gasteiger partial charge in [0.1, 0.15) is 11.5 Å². The van der Waals surface area contributed by atoms with Crippen molar-refractivity contribution in [1.29, 1.82) is 0 Å². The maximum atomic E-state index is 14.0. The molecule has 0 aliphatic carbocycles. The normalized spacial score (nSPS) is 17.0. The molecule has 0 bridgehead atoms. The molecule has 1 heterocycles. The van der Waals surface area contributed by atoms with E-state index in [1.807, 2.05) is 26.0 Å². The molecule has 0 radical (unpaired) electrons. The molecule has 9 heteroatoms. The van der Waals surface area contributed by atoms with Crippen molar-refractivity contribution in [3.8, 4) is 11.5 Å². The zero-order chi connectivity index (χ0) is 37.4. The lowest BCUT2D eigenvalue weighted by molar-refractivity contribution is -0.106. The average molecular weight is 741 g/mol. The lowest BCUT2D eigenvalue weighted by Crippen LogP contribution is -2.25. The Balaban J connectivity index is 1.88. The summed E-state index contributed by atoms with van der Waals surface area (Å²) in [6.07, 6.45) is 13.1. The summed E-state index contributed by atoms with van der Waals surface area (Å²) in [5, 5.41) is 8.44. The number of ether oxygens (including phenoxy) is 4. The number of aliphatic hydroxyl groups excluding tert-OH is 1. The molecule has 2 atom stereocenters. The maximum absolute atomic E-state index is 14.0. The van der Waals surface area contributed by atoms with E-state index in [4.69, 9.17) is 24.1 Å². The van der Waals surface area contributed by atoms with Crippen LogP contribution in [-0.2, 0) is 25.7 Å². The Hall–Kier alpha value is -2.69. The average Bonchev–Trinajstić information content (AvgIpc) is 3.09. The van der Waals surface area contributed by atoms with Gasteiger partial charge in [0.05, 0.1) is 16.8 Å². The zero-order valence-electron chi connectivity index (χ0n) is 32.6. The van der Waals surface area contributed by atoms with Gasteiger partial charge in [-0.1, -0.05) is 72.8 Å². The molecule has 1 fully saturated rings. The third-order valence-electron chi connectivity index (χ3n) is 9.44. The number of aliphatic hydroxyl groups is 1. The van der Waals surface area contributed by atoms with E-state index < -0.39 is 23.2 Å². The summed E-state index contributed by atoms with van der Waals surface area (Å²) in [5.74, 6) is 1.57. The number of hydrogen-bond acceptors (Lipinski definition) is 7. The number of rotatable bonds is 21. The third-order valence-corrected chi connectivity index (χ3v) is 13.2. The van der Waals surface area contributed by atoms with Crippen LogP contribution in [0.3, 0.4) is 0 Å². The summed E-state index contributed by atoms with van der Waals surface area (Å²) in [5.41, 5.74) is 6.26. The van der Waals surface area contributed by atoms with Gasteiger partial charge in [-0.25, -0.2) is 8.42 Å². The molecule has 3 rings (SSSR count). The largest absolute Gasteiger partial charge is 0.467 e. The molecule has 0 amide bonds.